The third-order valence-electron chi connectivity index (χ3n) is 7.28. The van der Waals surface area contributed by atoms with Gasteiger partial charge in [0.1, 0.15) is 6.10 Å². The Morgan fingerprint density at radius 1 is 0.778 bits per heavy atom. The summed E-state index contributed by atoms with van der Waals surface area (Å²) in [7, 11) is 0. The topological polar surface area (TPSA) is 38.8 Å². The molecule has 3 aromatic carbocycles. The van der Waals surface area contributed by atoms with Crippen molar-refractivity contribution in [2.24, 2.45) is 0 Å². The second-order valence-corrected chi connectivity index (χ2v) is 11.1. The van der Waals surface area contributed by atoms with Crippen molar-refractivity contribution in [1.29, 1.82) is 0 Å². The van der Waals surface area contributed by atoms with Gasteiger partial charge in [0.2, 0.25) is 0 Å². The monoisotopic (exact) mass is 485 g/mol. The van der Waals surface area contributed by atoms with E-state index in [4.69, 9.17) is 9.57 Å². The van der Waals surface area contributed by atoms with Gasteiger partial charge in [-0.15, -0.1) is 0 Å². The number of carbonyl (C=O) groups excluding carboxylic acids is 1. The van der Waals surface area contributed by atoms with Crippen molar-refractivity contribution in [2.75, 3.05) is 6.61 Å². The van der Waals surface area contributed by atoms with E-state index >= 15 is 0 Å². The van der Waals surface area contributed by atoms with Crippen LogP contribution in [0.25, 0.3) is 0 Å². The summed E-state index contributed by atoms with van der Waals surface area (Å²) in [6, 6.07) is 29.9. The van der Waals surface area contributed by atoms with Crippen molar-refractivity contribution in [1.82, 2.24) is 5.06 Å². The number of benzene rings is 3. The first-order valence-electron chi connectivity index (χ1n) is 13.1. The number of hydroxylamine groups is 2. The molecule has 2 unspecified atom stereocenters. The van der Waals surface area contributed by atoms with E-state index < -0.39 is 0 Å². The largest absolute Gasteiger partial charge is 0.461 e. The van der Waals surface area contributed by atoms with Crippen molar-refractivity contribution in [3.05, 3.63) is 108 Å². The zero-order chi connectivity index (χ0) is 25.6. The van der Waals surface area contributed by atoms with Gasteiger partial charge in [-0.05, 0) is 76.6 Å². The molecule has 3 aromatic rings. The van der Waals surface area contributed by atoms with E-state index in [-0.39, 0.29) is 35.7 Å². The van der Waals surface area contributed by atoms with Crippen LogP contribution in [0.3, 0.4) is 0 Å². The van der Waals surface area contributed by atoms with E-state index in [1.54, 1.807) is 12.1 Å². The molecule has 36 heavy (non-hydrogen) atoms. The van der Waals surface area contributed by atoms with Gasteiger partial charge >= 0.3 is 5.97 Å². The summed E-state index contributed by atoms with van der Waals surface area (Å²) in [5.41, 5.74) is 2.69. The van der Waals surface area contributed by atoms with Crippen LogP contribution in [0.1, 0.15) is 86.9 Å². The third-order valence-corrected chi connectivity index (χ3v) is 7.28. The van der Waals surface area contributed by atoms with Crippen LogP contribution in [-0.4, -0.2) is 28.7 Å². The van der Waals surface area contributed by atoms with Gasteiger partial charge < -0.3 is 4.74 Å². The van der Waals surface area contributed by atoms with Gasteiger partial charge in [-0.25, -0.2) is 4.79 Å². The highest BCUT2D eigenvalue weighted by Gasteiger charge is 2.44. The number of rotatable bonds is 9. The van der Waals surface area contributed by atoms with Crippen LogP contribution in [0.2, 0.25) is 0 Å². The third kappa shape index (κ3) is 6.43. The van der Waals surface area contributed by atoms with Gasteiger partial charge in [-0.2, -0.15) is 5.06 Å². The second kappa shape index (κ2) is 11.4. The van der Waals surface area contributed by atoms with Gasteiger partial charge in [0.25, 0.3) is 0 Å². The van der Waals surface area contributed by atoms with Crippen LogP contribution >= 0.6 is 0 Å². The van der Waals surface area contributed by atoms with Crippen LogP contribution < -0.4 is 0 Å². The highest BCUT2D eigenvalue weighted by molar-refractivity contribution is 5.89. The molecule has 2 atom stereocenters. The standard InChI is InChI=1S/C32H39NO3/c1-31(2)21-14-22-32(3,4)33(31)36-29(26-17-10-6-11-18-26)23-28(25-15-8-5-9-16-25)24-35-30(34)27-19-12-7-13-20-27/h5-13,15-20,28-29H,14,21-24H2,1-4H3. The molecule has 0 aromatic heterocycles. The van der Waals surface area contributed by atoms with Gasteiger partial charge in [0.05, 0.1) is 12.2 Å². The minimum Gasteiger partial charge on any atom is -0.461 e. The predicted molar refractivity (Wildman–Crippen MR) is 145 cm³/mol. The Labute approximate surface area is 216 Å². The number of carbonyl (C=O) groups is 1. The maximum Gasteiger partial charge on any atom is 0.338 e. The molecular formula is C32H39NO3. The number of nitrogens with zero attached hydrogens (tertiary/aromatic N) is 1. The molecule has 0 aliphatic carbocycles. The average molecular weight is 486 g/mol. The van der Waals surface area contributed by atoms with E-state index in [1.165, 1.54) is 6.42 Å². The lowest BCUT2D eigenvalue weighted by molar-refractivity contribution is -0.308. The molecule has 1 heterocycles. The Balaban J connectivity index is 1.61. The van der Waals surface area contributed by atoms with Crippen LogP contribution in [0.4, 0.5) is 0 Å². The van der Waals surface area contributed by atoms with Crippen molar-refractivity contribution in [3.8, 4) is 0 Å². The molecule has 0 amide bonds. The van der Waals surface area contributed by atoms with Gasteiger partial charge in [0, 0.05) is 17.0 Å². The molecule has 0 bridgehead atoms. The molecule has 190 valence electrons. The average Bonchev–Trinajstić information content (AvgIpc) is 2.88. The van der Waals surface area contributed by atoms with Gasteiger partial charge in [0.15, 0.2) is 0 Å². The summed E-state index contributed by atoms with van der Waals surface area (Å²) < 4.78 is 5.85. The smallest absolute Gasteiger partial charge is 0.338 e. The number of piperidine rings is 1. The quantitative estimate of drug-likeness (QED) is 0.291. The summed E-state index contributed by atoms with van der Waals surface area (Å²) in [4.78, 5) is 19.7. The summed E-state index contributed by atoms with van der Waals surface area (Å²) in [5.74, 6) is -0.313. The maximum absolute atomic E-state index is 12.8. The summed E-state index contributed by atoms with van der Waals surface area (Å²) in [6.45, 7) is 9.37. The first kappa shape index (κ1) is 26.1. The number of ether oxygens (including phenoxy) is 1. The van der Waals surface area contributed by atoms with Crippen molar-refractivity contribution < 1.29 is 14.4 Å². The van der Waals surface area contributed by atoms with E-state index in [2.05, 4.69) is 69.2 Å². The Kier molecular flexibility index (Phi) is 8.28. The highest BCUT2D eigenvalue weighted by Crippen LogP contribution is 2.42. The van der Waals surface area contributed by atoms with Gasteiger partial charge in [-0.1, -0.05) is 78.9 Å². The van der Waals surface area contributed by atoms with E-state index in [0.29, 0.717) is 12.0 Å². The molecule has 4 heteroatoms. The maximum atomic E-state index is 12.8. The first-order chi connectivity index (χ1) is 17.3. The molecule has 0 saturated carbocycles. The van der Waals surface area contributed by atoms with Crippen LogP contribution in [0, 0.1) is 0 Å². The molecule has 0 N–H and O–H groups in total. The Bertz CT molecular complexity index is 1080. The fraction of sp³-hybridized carbons (Fsp3) is 0.406. The van der Waals surface area contributed by atoms with Crippen molar-refractivity contribution in [3.63, 3.8) is 0 Å². The molecular weight excluding hydrogens is 446 g/mol. The molecule has 1 saturated heterocycles. The molecule has 4 nitrogen and oxygen atoms in total. The zero-order valence-corrected chi connectivity index (χ0v) is 22.0. The lowest BCUT2D eigenvalue weighted by atomic mass is 9.82. The fourth-order valence-electron chi connectivity index (χ4n) is 5.41. The predicted octanol–water partition coefficient (Wildman–Crippen LogP) is 7.73. The number of hydrogen-bond donors (Lipinski definition) is 0. The lowest BCUT2D eigenvalue weighted by Crippen LogP contribution is -2.58. The summed E-state index contributed by atoms with van der Waals surface area (Å²) in [5, 5.41) is 2.24. The second-order valence-electron chi connectivity index (χ2n) is 11.1. The summed E-state index contributed by atoms with van der Waals surface area (Å²) in [6.07, 6.45) is 3.89. The molecule has 1 aliphatic rings. The molecule has 0 spiro atoms. The minimum atomic E-state index is -0.299. The van der Waals surface area contributed by atoms with Gasteiger partial charge in [-0.3, -0.25) is 4.84 Å². The molecule has 4 rings (SSSR count). The van der Waals surface area contributed by atoms with Crippen LogP contribution in [-0.2, 0) is 9.57 Å². The molecule has 0 radical (unpaired) electrons. The molecule has 1 fully saturated rings. The zero-order valence-electron chi connectivity index (χ0n) is 22.0. The Morgan fingerprint density at radius 2 is 1.28 bits per heavy atom. The van der Waals surface area contributed by atoms with Crippen molar-refractivity contribution >= 4 is 5.97 Å². The Morgan fingerprint density at radius 3 is 1.83 bits per heavy atom. The minimum absolute atomic E-state index is 0.0138. The normalized spacial score (nSPS) is 18.8. The lowest BCUT2D eigenvalue weighted by Gasteiger charge is -2.52. The van der Waals surface area contributed by atoms with Crippen molar-refractivity contribution in [2.45, 2.75) is 76.5 Å². The van der Waals surface area contributed by atoms with E-state index in [1.807, 2.05) is 42.5 Å². The Hall–Kier alpha value is -2.95. The summed E-state index contributed by atoms with van der Waals surface area (Å²) >= 11 is 0. The first-order valence-corrected chi connectivity index (χ1v) is 13.1. The van der Waals surface area contributed by atoms with E-state index in [9.17, 15) is 4.79 Å². The molecule has 1 aliphatic heterocycles. The van der Waals surface area contributed by atoms with Crippen LogP contribution in [0.15, 0.2) is 91.0 Å². The number of esters is 1. The van der Waals surface area contributed by atoms with E-state index in [0.717, 1.165) is 24.0 Å². The SMILES string of the molecule is CC1(C)CCCC(C)(C)N1OC(CC(COC(=O)c1ccccc1)c1ccccc1)c1ccccc1. The highest BCUT2D eigenvalue weighted by atomic mass is 16.7. The number of hydrogen-bond acceptors (Lipinski definition) is 4. The van der Waals surface area contributed by atoms with Crippen LogP contribution in [0.5, 0.6) is 0 Å². The fourth-order valence-corrected chi connectivity index (χ4v) is 5.41.